The van der Waals surface area contributed by atoms with Gasteiger partial charge in [-0.05, 0) is 37.5 Å². The predicted molar refractivity (Wildman–Crippen MR) is 64.6 cm³/mol. The second-order valence-electron chi connectivity index (χ2n) is 5.31. The number of carboxylic acid groups (broad SMARTS) is 2. The van der Waals surface area contributed by atoms with E-state index in [-0.39, 0.29) is 6.04 Å². The van der Waals surface area contributed by atoms with Crippen LogP contribution in [-0.2, 0) is 9.59 Å². The fourth-order valence-electron chi connectivity index (χ4n) is 2.26. The molecule has 2 rings (SSSR count). The highest BCUT2D eigenvalue weighted by atomic mass is 16.4. The fraction of sp³-hybridized carbons (Fsp3) is 0.750. The van der Waals surface area contributed by atoms with Crippen molar-refractivity contribution in [2.45, 2.75) is 44.2 Å². The first-order valence-corrected chi connectivity index (χ1v) is 6.49. The first-order valence-electron chi connectivity index (χ1n) is 6.49. The lowest BCUT2D eigenvalue weighted by atomic mass is 10.1. The fourth-order valence-corrected chi connectivity index (χ4v) is 2.26. The van der Waals surface area contributed by atoms with Crippen molar-refractivity contribution in [3.63, 3.8) is 0 Å². The molecular weight excluding hydrogens is 252 g/mol. The van der Waals surface area contributed by atoms with Gasteiger partial charge in [-0.15, -0.1) is 0 Å². The number of rotatable bonds is 7. The molecule has 2 fully saturated rings. The van der Waals surface area contributed by atoms with Crippen LogP contribution in [0.15, 0.2) is 0 Å². The maximum atomic E-state index is 11.7. The highest BCUT2D eigenvalue weighted by Crippen LogP contribution is 2.44. The van der Waals surface area contributed by atoms with Gasteiger partial charge >= 0.3 is 18.0 Å². The zero-order valence-electron chi connectivity index (χ0n) is 10.5. The Bertz CT molecular complexity index is 378. The van der Waals surface area contributed by atoms with Crippen molar-refractivity contribution in [3.05, 3.63) is 0 Å². The van der Waals surface area contributed by atoms with Crippen LogP contribution < -0.4 is 10.6 Å². The first-order chi connectivity index (χ1) is 8.97. The first kappa shape index (κ1) is 13.6. The molecular formula is C12H18N2O5. The highest BCUT2D eigenvalue weighted by Gasteiger charge is 2.42. The molecule has 4 N–H and O–H groups in total. The SMILES string of the molecule is O=C(O)CC(NC(=O)NC(C1CC1)C1CC1)C(=O)O. The molecule has 2 saturated carbocycles. The molecule has 7 nitrogen and oxygen atoms in total. The number of hydrogen-bond donors (Lipinski definition) is 4. The molecule has 106 valence electrons. The van der Waals surface area contributed by atoms with Crippen LogP contribution in [0.5, 0.6) is 0 Å². The van der Waals surface area contributed by atoms with Crippen LogP contribution in [0.4, 0.5) is 4.79 Å². The molecule has 7 heteroatoms. The molecule has 0 heterocycles. The minimum absolute atomic E-state index is 0.110. The summed E-state index contributed by atoms with van der Waals surface area (Å²) in [6.07, 6.45) is 3.76. The van der Waals surface area contributed by atoms with E-state index in [4.69, 9.17) is 10.2 Å². The molecule has 0 aliphatic heterocycles. The number of hydrogen-bond acceptors (Lipinski definition) is 3. The average molecular weight is 270 g/mol. The summed E-state index contributed by atoms with van der Waals surface area (Å²) >= 11 is 0. The van der Waals surface area contributed by atoms with E-state index < -0.39 is 30.4 Å². The summed E-state index contributed by atoms with van der Waals surface area (Å²) in [5.74, 6) is -1.59. The molecule has 0 aromatic carbocycles. The zero-order chi connectivity index (χ0) is 14.0. The summed E-state index contributed by atoms with van der Waals surface area (Å²) in [5, 5.41) is 22.4. The molecule has 1 unspecified atom stereocenters. The maximum absolute atomic E-state index is 11.7. The van der Waals surface area contributed by atoms with Crippen LogP contribution in [0.25, 0.3) is 0 Å². The molecule has 0 aromatic rings. The highest BCUT2D eigenvalue weighted by molar-refractivity contribution is 5.86. The van der Waals surface area contributed by atoms with Crippen molar-refractivity contribution < 1.29 is 24.6 Å². The lowest BCUT2D eigenvalue weighted by molar-refractivity contribution is -0.145. The summed E-state index contributed by atoms with van der Waals surface area (Å²) in [7, 11) is 0. The zero-order valence-corrected chi connectivity index (χ0v) is 10.5. The average Bonchev–Trinajstić information content (AvgIpc) is 3.14. The van der Waals surface area contributed by atoms with Crippen molar-refractivity contribution in [2.75, 3.05) is 0 Å². The lowest BCUT2D eigenvalue weighted by Crippen LogP contribution is -2.50. The van der Waals surface area contributed by atoms with E-state index in [9.17, 15) is 14.4 Å². The number of nitrogens with one attached hydrogen (secondary N) is 2. The molecule has 2 aliphatic carbocycles. The molecule has 1 atom stereocenters. The predicted octanol–water partition coefficient (Wildman–Crippen LogP) is 0.402. The van der Waals surface area contributed by atoms with Crippen LogP contribution >= 0.6 is 0 Å². The Kier molecular flexibility index (Phi) is 3.92. The van der Waals surface area contributed by atoms with E-state index in [0.29, 0.717) is 11.8 Å². The molecule has 0 bridgehead atoms. The minimum Gasteiger partial charge on any atom is -0.481 e. The van der Waals surface area contributed by atoms with Crippen LogP contribution in [0.2, 0.25) is 0 Å². The number of urea groups is 1. The Morgan fingerprint density at radius 3 is 1.89 bits per heavy atom. The van der Waals surface area contributed by atoms with E-state index >= 15 is 0 Å². The maximum Gasteiger partial charge on any atom is 0.326 e. The van der Waals surface area contributed by atoms with E-state index in [2.05, 4.69) is 10.6 Å². The van der Waals surface area contributed by atoms with Crippen LogP contribution in [0.3, 0.4) is 0 Å². The Hall–Kier alpha value is -1.79. The van der Waals surface area contributed by atoms with Crippen LogP contribution in [0, 0.1) is 11.8 Å². The number of amides is 2. The topological polar surface area (TPSA) is 116 Å². The van der Waals surface area contributed by atoms with E-state index in [1.165, 1.54) is 0 Å². The van der Waals surface area contributed by atoms with Gasteiger partial charge < -0.3 is 20.8 Å². The molecule has 19 heavy (non-hydrogen) atoms. The van der Waals surface area contributed by atoms with E-state index in [1.54, 1.807) is 0 Å². The van der Waals surface area contributed by atoms with Gasteiger partial charge in [0.2, 0.25) is 0 Å². The van der Waals surface area contributed by atoms with Gasteiger partial charge in [-0.1, -0.05) is 0 Å². The molecule has 2 aliphatic rings. The van der Waals surface area contributed by atoms with Crippen molar-refractivity contribution in [3.8, 4) is 0 Å². The number of carbonyl (C=O) groups is 3. The van der Waals surface area contributed by atoms with Crippen LogP contribution in [-0.4, -0.2) is 40.3 Å². The smallest absolute Gasteiger partial charge is 0.326 e. The quantitative estimate of drug-likeness (QED) is 0.534. The van der Waals surface area contributed by atoms with Crippen molar-refractivity contribution in [1.29, 1.82) is 0 Å². The third-order valence-corrected chi connectivity index (χ3v) is 3.54. The van der Waals surface area contributed by atoms with Gasteiger partial charge in [-0.2, -0.15) is 0 Å². The normalized spacial score (nSPS) is 19.8. The second-order valence-corrected chi connectivity index (χ2v) is 5.31. The van der Waals surface area contributed by atoms with Crippen molar-refractivity contribution in [1.82, 2.24) is 10.6 Å². The summed E-state index contributed by atoms with van der Waals surface area (Å²) in [4.78, 5) is 33.1. The summed E-state index contributed by atoms with van der Waals surface area (Å²) in [6.45, 7) is 0. The number of carboxylic acids is 2. The Morgan fingerprint density at radius 1 is 1.00 bits per heavy atom. The van der Waals surface area contributed by atoms with Gasteiger partial charge in [0.25, 0.3) is 0 Å². The third kappa shape index (κ3) is 4.11. The van der Waals surface area contributed by atoms with Gasteiger partial charge in [0.05, 0.1) is 6.42 Å². The van der Waals surface area contributed by atoms with Crippen LogP contribution in [0.1, 0.15) is 32.1 Å². The standard InChI is InChI=1S/C12H18N2O5/c15-9(16)5-8(11(17)18)13-12(19)14-10(6-1-2-6)7-3-4-7/h6-8,10H,1-5H2,(H,15,16)(H,17,18)(H2,13,14,19). The lowest BCUT2D eigenvalue weighted by Gasteiger charge is -2.20. The van der Waals surface area contributed by atoms with Gasteiger partial charge in [-0.3, -0.25) is 4.79 Å². The Labute approximate surface area is 110 Å². The second kappa shape index (κ2) is 5.46. The molecule has 0 aromatic heterocycles. The summed E-state index contributed by atoms with van der Waals surface area (Å²) in [6, 6.07) is -1.87. The Balaban J connectivity index is 1.83. The number of aliphatic carboxylic acids is 2. The van der Waals surface area contributed by atoms with Crippen molar-refractivity contribution >= 4 is 18.0 Å². The monoisotopic (exact) mass is 270 g/mol. The van der Waals surface area contributed by atoms with E-state index in [1.807, 2.05) is 0 Å². The molecule has 2 amide bonds. The summed E-state index contributed by atoms with van der Waals surface area (Å²) < 4.78 is 0. The summed E-state index contributed by atoms with van der Waals surface area (Å²) in [5.41, 5.74) is 0. The van der Waals surface area contributed by atoms with Gasteiger partial charge in [-0.25, -0.2) is 9.59 Å². The Morgan fingerprint density at radius 2 is 1.53 bits per heavy atom. The van der Waals surface area contributed by atoms with Gasteiger partial charge in [0.15, 0.2) is 0 Å². The third-order valence-electron chi connectivity index (χ3n) is 3.54. The molecule has 0 saturated heterocycles. The minimum atomic E-state index is -1.39. The largest absolute Gasteiger partial charge is 0.481 e. The molecule has 0 spiro atoms. The van der Waals surface area contributed by atoms with E-state index in [0.717, 1.165) is 25.7 Å². The van der Waals surface area contributed by atoms with Crippen molar-refractivity contribution in [2.24, 2.45) is 11.8 Å². The van der Waals surface area contributed by atoms with Gasteiger partial charge in [0.1, 0.15) is 6.04 Å². The molecule has 0 radical (unpaired) electrons. The van der Waals surface area contributed by atoms with Gasteiger partial charge in [0, 0.05) is 6.04 Å². The number of carbonyl (C=O) groups excluding carboxylic acids is 1.